The molecule has 1 N–H and O–H groups in total. The molecule has 1 aliphatic heterocycles. The molecule has 1 fully saturated rings. The minimum atomic E-state index is -0.321. The molecule has 146 valence electrons. The first-order chi connectivity index (χ1) is 13.2. The second kappa shape index (κ2) is 9.87. The number of ether oxygens (including phenoxy) is 2. The van der Waals surface area contributed by atoms with Gasteiger partial charge in [0.2, 0.25) is 0 Å². The van der Waals surface area contributed by atoms with E-state index in [-0.39, 0.29) is 17.8 Å². The highest BCUT2D eigenvalue weighted by Gasteiger charge is 2.18. The third-order valence-corrected chi connectivity index (χ3v) is 4.96. The van der Waals surface area contributed by atoms with Crippen LogP contribution in [0.2, 0.25) is 0 Å². The van der Waals surface area contributed by atoms with Crippen molar-refractivity contribution in [1.29, 1.82) is 0 Å². The van der Waals surface area contributed by atoms with Crippen LogP contribution in [0.1, 0.15) is 29.8 Å². The summed E-state index contributed by atoms with van der Waals surface area (Å²) in [6.07, 6.45) is 6.52. The molecule has 0 bridgehead atoms. The number of aromatic nitrogens is 2. The Bertz CT molecular complexity index is 745. The van der Waals surface area contributed by atoms with Crippen molar-refractivity contribution in [3.05, 3.63) is 42.0 Å². The predicted octanol–water partition coefficient (Wildman–Crippen LogP) is 3.05. The van der Waals surface area contributed by atoms with Gasteiger partial charge in [-0.15, -0.1) is 0 Å². The molecule has 0 radical (unpaired) electrons. The number of carbonyl (C=O) groups excluding carboxylic acids is 1. The zero-order chi connectivity index (χ0) is 19.1. The Kier molecular flexibility index (Phi) is 7.25. The molecule has 1 aromatic heterocycles. The third-order valence-electron chi connectivity index (χ3n) is 4.31. The molecule has 27 heavy (non-hydrogen) atoms. The van der Waals surface area contributed by atoms with Crippen LogP contribution in [0.15, 0.2) is 35.6 Å². The normalized spacial score (nSPS) is 16.6. The number of hydrogen-bond acceptors (Lipinski definition) is 5. The summed E-state index contributed by atoms with van der Waals surface area (Å²) in [5, 5.41) is 3.56. The number of halogens is 1. The van der Waals surface area contributed by atoms with E-state index in [2.05, 4.69) is 10.3 Å². The molecule has 1 saturated heterocycles. The fourth-order valence-electron chi connectivity index (χ4n) is 2.94. The average Bonchev–Trinajstić information content (AvgIpc) is 3.34. The maximum Gasteiger partial charge on any atom is 0.269 e. The first-order valence-corrected chi connectivity index (χ1v) is 10.3. The Balaban J connectivity index is 1.52. The van der Waals surface area contributed by atoms with Gasteiger partial charge < -0.3 is 14.8 Å². The molecule has 1 atom stereocenters. The SMILES string of the molecule is CSc1ncc(C(=O)NCCCOCC2CCCO2)n1-c1ccc(F)cc1. The van der Waals surface area contributed by atoms with E-state index in [1.165, 1.54) is 23.9 Å². The van der Waals surface area contributed by atoms with Crippen molar-refractivity contribution in [2.24, 2.45) is 0 Å². The van der Waals surface area contributed by atoms with Crippen LogP contribution in [0.3, 0.4) is 0 Å². The van der Waals surface area contributed by atoms with Gasteiger partial charge in [-0.3, -0.25) is 9.36 Å². The van der Waals surface area contributed by atoms with Crippen molar-refractivity contribution in [2.45, 2.75) is 30.5 Å². The van der Waals surface area contributed by atoms with Crippen LogP contribution in [0, 0.1) is 5.82 Å². The van der Waals surface area contributed by atoms with Gasteiger partial charge in [-0.2, -0.15) is 0 Å². The second-order valence-electron chi connectivity index (χ2n) is 6.26. The molecule has 2 heterocycles. The van der Waals surface area contributed by atoms with E-state index in [1.807, 2.05) is 6.26 Å². The van der Waals surface area contributed by atoms with E-state index in [0.29, 0.717) is 36.3 Å². The van der Waals surface area contributed by atoms with E-state index in [0.717, 1.165) is 25.9 Å². The highest BCUT2D eigenvalue weighted by atomic mass is 32.2. The molecule has 1 unspecified atom stereocenters. The van der Waals surface area contributed by atoms with Crippen LogP contribution in [-0.4, -0.2) is 54.2 Å². The number of rotatable bonds is 9. The van der Waals surface area contributed by atoms with Crippen LogP contribution in [0.25, 0.3) is 5.69 Å². The van der Waals surface area contributed by atoms with E-state index < -0.39 is 0 Å². The highest BCUT2D eigenvalue weighted by molar-refractivity contribution is 7.98. The van der Waals surface area contributed by atoms with Crippen LogP contribution >= 0.6 is 11.8 Å². The second-order valence-corrected chi connectivity index (χ2v) is 7.03. The first kappa shape index (κ1) is 19.9. The van der Waals surface area contributed by atoms with Gasteiger partial charge in [0.15, 0.2) is 5.16 Å². The fraction of sp³-hybridized carbons (Fsp3) is 0.474. The summed E-state index contributed by atoms with van der Waals surface area (Å²) in [5.74, 6) is -0.537. The molecule has 0 saturated carbocycles. The van der Waals surface area contributed by atoms with Crippen LogP contribution < -0.4 is 5.32 Å². The molecule has 0 aliphatic carbocycles. The number of hydrogen-bond donors (Lipinski definition) is 1. The topological polar surface area (TPSA) is 65.4 Å². The van der Waals surface area contributed by atoms with Gasteiger partial charge in [0.05, 0.1) is 18.9 Å². The van der Waals surface area contributed by atoms with Crippen molar-refractivity contribution >= 4 is 17.7 Å². The Labute approximate surface area is 162 Å². The van der Waals surface area contributed by atoms with Crippen molar-refractivity contribution in [2.75, 3.05) is 32.6 Å². The lowest BCUT2D eigenvalue weighted by Gasteiger charge is -2.12. The third kappa shape index (κ3) is 5.31. The lowest BCUT2D eigenvalue weighted by molar-refractivity contribution is 0.0166. The molecule has 3 rings (SSSR count). The summed E-state index contributed by atoms with van der Waals surface area (Å²) >= 11 is 1.43. The number of imidazole rings is 1. The molecule has 1 aromatic carbocycles. The zero-order valence-electron chi connectivity index (χ0n) is 15.3. The van der Waals surface area contributed by atoms with E-state index >= 15 is 0 Å². The largest absolute Gasteiger partial charge is 0.379 e. The molecular formula is C19H24FN3O3S. The Morgan fingerprint density at radius 3 is 2.96 bits per heavy atom. The van der Waals surface area contributed by atoms with E-state index in [1.54, 1.807) is 22.9 Å². The minimum Gasteiger partial charge on any atom is -0.379 e. The van der Waals surface area contributed by atoms with Gasteiger partial charge >= 0.3 is 0 Å². The molecule has 8 heteroatoms. The van der Waals surface area contributed by atoms with Gasteiger partial charge in [-0.1, -0.05) is 11.8 Å². The van der Waals surface area contributed by atoms with Crippen molar-refractivity contribution < 1.29 is 18.7 Å². The minimum absolute atomic E-state index is 0.216. The lowest BCUT2D eigenvalue weighted by Crippen LogP contribution is -2.27. The number of carbonyl (C=O) groups is 1. The predicted molar refractivity (Wildman–Crippen MR) is 102 cm³/mol. The van der Waals surface area contributed by atoms with Gasteiger partial charge in [0.25, 0.3) is 5.91 Å². The van der Waals surface area contributed by atoms with Crippen molar-refractivity contribution in [3.8, 4) is 5.69 Å². The van der Waals surface area contributed by atoms with Crippen LogP contribution in [-0.2, 0) is 9.47 Å². The first-order valence-electron chi connectivity index (χ1n) is 9.04. The Hall–Kier alpha value is -1.90. The molecule has 1 amide bonds. The monoisotopic (exact) mass is 393 g/mol. The summed E-state index contributed by atoms with van der Waals surface area (Å²) < 4.78 is 26.0. The molecular weight excluding hydrogens is 369 g/mol. The van der Waals surface area contributed by atoms with Crippen molar-refractivity contribution in [1.82, 2.24) is 14.9 Å². The molecule has 0 spiro atoms. The van der Waals surface area contributed by atoms with Crippen molar-refractivity contribution in [3.63, 3.8) is 0 Å². The van der Waals surface area contributed by atoms with Crippen LogP contribution in [0.5, 0.6) is 0 Å². The number of nitrogens with zero attached hydrogens (tertiary/aromatic N) is 2. The summed E-state index contributed by atoms with van der Waals surface area (Å²) in [5.41, 5.74) is 1.12. The zero-order valence-corrected chi connectivity index (χ0v) is 16.1. The Morgan fingerprint density at radius 2 is 2.26 bits per heavy atom. The van der Waals surface area contributed by atoms with Gasteiger partial charge in [0.1, 0.15) is 11.5 Å². The number of benzene rings is 1. The fourth-order valence-corrected chi connectivity index (χ4v) is 3.48. The maximum absolute atomic E-state index is 13.2. The Morgan fingerprint density at radius 1 is 1.44 bits per heavy atom. The van der Waals surface area contributed by atoms with Gasteiger partial charge in [0, 0.05) is 25.4 Å². The summed E-state index contributed by atoms with van der Waals surface area (Å²) in [7, 11) is 0. The maximum atomic E-state index is 13.2. The van der Waals surface area contributed by atoms with Gasteiger partial charge in [-0.25, -0.2) is 9.37 Å². The number of thioether (sulfide) groups is 1. The summed E-state index contributed by atoms with van der Waals surface area (Å²) in [6.45, 7) is 2.52. The van der Waals surface area contributed by atoms with E-state index in [4.69, 9.17) is 9.47 Å². The molecule has 2 aromatic rings. The average molecular weight is 393 g/mol. The lowest BCUT2D eigenvalue weighted by atomic mass is 10.2. The highest BCUT2D eigenvalue weighted by Crippen LogP contribution is 2.22. The smallest absolute Gasteiger partial charge is 0.269 e. The summed E-state index contributed by atoms with van der Waals surface area (Å²) in [4.78, 5) is 16.8. The summed E-state index contributed by atoms with van der Waals surface area (Å²) in [6, 6.07) is 6.00. The standard InChI is InChI=1S/C19H24FN3O3S/c1-27-19-22-12-17(23(19)15-7-5-14(20)6-8-15)18(24)21-9-3-10-25-13-16-4-2-11-26-16/h5-8,12,16H,2-4,9-11,13H2,1H3,(H,21,24). The quantitative estimate of drug-likeness (QED) is 0.524. The number of nitrogens with one attached hydrogen (secondary N) is 1. The molecule has 1 aliphatic rings. The van der Waals surface area contributed by atoms with E-state index in [9.17, 15) is 9.18 Å². The molecule has 6 nitrogen and oxygen atoms in total. The number of amides is 1. The van der Waals surface area contributed by atoms with Gasteiger partial charge in [-0.05, 0) is 49.8 Å². The van der Waals surface area contributed by atoms with Crippen LogP contribution in [0.4, 0.5) is 4.39 Å².